The van der Waals surface area contributed by atoms with Gasteiger partial charge in [-0.2, -0.15) is 4.98 Å². The highest BCUT2D eigenvalue weighted by Gasteiger charge is 2.45. The van der Waals surface area contributed by atoms with Crippen molar-refractivity contribution in [3.05, 3.63) is 61.1 Å². The summed E-state index contributed by atoms with van der Waals surface area (Å²) in [5.41, 5.74) is 2.72. The predicted octanol–water partition coefficient (Wildman–Crippen LogP) is 2.90. The van der Waals surface area contributed by atoms with Crippen molar-refractivity contribution in [2.24, 2.45) is 0 Å². The molecule has 1 aliphatic heterocycles. The van der Waals surface area contributed by atoms with Gasteiger partial charge in [-0.15, -0.1) is 0 Å². The Kier molecular flexibility index (Phi) is 4.82. The zero-order chi connectivity index (χ0) is 23.3. The highest BCUT2D eigenvalue weighted by Crippen LogP contribution is 2.38. The standard InChI is InChI=1S/C24H25N7O2S/c1-34(32,33)20-4-2-19(3-5-20)31-12-7-17-15-26-23(29-22(17)31)28-18-6-10-25-21(14-18)30-13-11-27-24(16-30)8-9-24/h2-7,10,12,14-15,27H,8-9,11,13,16H2,1H3,(H,25,26,28,29). The molecule has 34 heavy (non-hydrogen) atoms. The lowest BCUT2D eigenvalue weighted by Gasteiger charge is -2.35. The molecule has 0 atom stereocenters. The summed E-state index contributed by atoms with van der Waals surface area (Å²) in [6.45, 7) is 2.89. The van der Waals surface area contributed by atoms with Gasteiger partial charge in [-0.25, -0.2) is 18.4 Å². The molecule has 4 heterocycles. The van der Waals surface area contributed by atoms with E-state index in [1.165, 1.54) is 19.1 Å². The Balaban J connectivity index is 1.27. The van der Waals surface area contributed by atoms with Gasteiger partial charge < -0.3 is 20.1 Å². The molecule has 1 saturated carbocycles. The van der Waals surface area contributed by atoms with Gasteiger partial charge in [-0.05, 0) is 49.2 Å². The Morgan fingerprint density at radius 2 is 1.91 bits per heavy atom. The van der Waals surface area contributed by atoms with E-state index in [-0.39, 0.29) is 10.4 Å². The summed E-state index contributed by atoms with van der Waals surface area (Å²) in [5, 5.41) is 7.83. The van der Waals surface area contributed by atoms with Crippen LogP contribution in [-0.4, -0.2) is 59.4 Å². The molecule has 0 bridgehead atoms. The highest BCUT2D eigenvalue weighted by atomic mass is 32.2. The number of nitrogens with zero attached hydrogens (tertiary/aromatic N) is 5. The molecular weight excluding hydrogens is 450 g/mol. The number of aromatic nitrogens is 4. The molecule has 0 unspecified atom stereocenters. The molecular formula is C24H25N7O2S. The van der Waals surface area contributed by atoms with Gasteiger partial charge in [0.1, 0.15) is 11.5 Å². The van der Waals surface area contributed by atoms with Crippen molar-refractivity contribution in [3.8, 4) is 5.69 Å². The average Bonchev–Trinajstić information content (AvgIpc) is 3.43. The minimum Gasteiger partial charge on any atom is -0.353 e. The molecule has 3 aromatic heterocycles. The van der Waals surface area contributed by atoms with E-state index in [0.29, 0.717) is 5.95 Å². The zero-order valence-electron chi connectivity index (χ0n) is 18.8. The van der Waals surface area contributed by atoms with E-state index in [2.05, 4.69) is 25.5 Å². The van der Waals surface area contributed by atoms with Crippen LogP contribution in [0.25, 0.3) is 16.7 Å². The van der Waals surface area contributed by atoms with E-state index >= 15 is 0 Å². The van der Waals surface area contributed by atoms with Crippen molar-refractivity contribution in [1.82, 2.24) is 24.8 Å². The van der Waals surface area contributed by atoms with Gasteiger partial charge in [-0.1, -0.05) is 0 Å². The van der Waals surface area contributed by atoms with Crippen molar-refractivity contribution in [1.29, 1.82) is 0 Å². The van der Waals surface area contributed by atoms with Crippen molar-refractivity contribution < 1.29 is 8.42 Å². The number of benzene rings is 1. The first kappa shape index (κ1) is 21.1. The maximum Gasteiger partial charge on any atom is 0.229 e. The van der Waals surface area contributed by atoms with Crippen LogP contribution in [0.3, 0.4) is 0 Å². The highest BCUT2D eigenvalue weighted by molar-refractivity contribution is 7.90. The molecule has 1 aliphatic carbocycles. The van der Waals surface area contributed by atoms with Gasteiger partial charge in [0.25, 0.3) is 0 Å². The summed E-state index contributed by atoms with van der Waals surface area (Å²) in [6.07, 6.45) is 9.15. The topological polar surface area (TPSA) is 105 Å². The first-order valence-electron chi connectivity index (χ1n) is 11.3. The summed E-state index contributed by atoms with van der Waals surface area (Å²) in [4.78, 5) is 16.4. The van der Waals surface area contributed by atoms with E-state index < -0.39 is 9.84 Å². The Hall–Kier alpha value is -3.50. The van der Waals surface area contributed by atoms with Gasteiger partial charge in [0.2, 0.25) is 5.95 Å². The maximum atomic E-state index is 11.8. The van der Waals surface area contributed by atoms with Crippen molar-refractivity contribution in [2.45, 2.75) is 23.3 Å². The van der Waals surface area contributed by atoms with Gasteiger partial charge in [0, 0.05) is 72.8 Å². The normalized spacial score (nSPS) is 17.3. The molecule has 174 valence electrons. The molecule has 4 aromatic rings. The first-order chi connectivity index (χ1) is 16.4. The fraction of sp³-hybridized carbons (Fsp3) is 0.292. The minimum atomic E-state index is -3.24. The lowest BCUT2D eigenvalue weighted by atomic mass is 10.2. The minimum absolute atomic E-state index is 0.280. The summed E-state index contributed by atoms with van der Waals surface area (Å²) in [7, 11) is -3.24. The number of hydrogen-bond acceptors (Lipinski definition) is 8. The Morgan fingerprint density at radius 3 is 2.68 bits per heavy atom. The van der Waals surface area contributed by atoms with Crippen LogP contribution in [0, 0.1) is 0 Å². The predicted molar refractivity (Wildman–Crippen MR) is 132 cm³/mol. The summed E-state index contributed by atoms with van der Waals surface area (Å²) in [6, 6.07) is 12.7. The van der Waals surface area contributed by atoms with E-state index in [4.69, 9.17) is 4.98 Å². The largest absolute Gasteiger partial charge is 0.353 e. The fourth-order valence-corrected chi connectivity index (χ4v) is 5.11. The van der Waals surface area contributed by atoms with Gasteiger partial charge >= 0.3 is 0 Å². The summed E-state index contributed by atoms with van der Waals surface area (Å²) in [5.74, 6) is 1.43. The second kappa shape index (κ2) is 7.78. The number of anilines is 3. The number of pyridine rings is 1. The third kappa shape index (κ3) is 3.99. The number of sulfone groups is 1. The van der Waals surface area contributed by atoms with Crippen LogP contribution >= 0.6 is 0 Å². The third-order valence-electron chi connectivity index (χ3n) is 6.52. The molecule has 10 heteroatoms. The lowest BCUT2D eigenvalue weighted by Crippen LogP contribution is -2.52. The van der Waals surface area contributed by atoms with Crippen LogP contribution in [0.1, 0.15) is 12.8 Å². The Bertz CT molecular complexity index is 1480. The van der Waals surface area contributed by atoms with Crippen molar-refractivity contribution >= 4 is 38.3 Å². The van der Waals surface area contributed by atoms with E-state index in [9.17, 15) is 8.42 Å². The number of nitrogens with one attached hydrogen (secondary N) is 2. The van der Waals surface area contributed by atoms with Gasteiger partial charge in [0.05, 0.1) is 4.90 Å². The second-order valence-corrected chi connectivity index (χ2v) is 11.1. The van der Waals surface area contributed by atoms with Gasteiger partial charge in [-0.3, -0.25) is 0 Å². The third-order valence-corrected chi connectivity index (χ3v) is 7.65. The molecule has 2 aliphatic rings. The SMILES string of the molecule is CS(=O)(=O)c1ccc(-n2ccc3cnc(Nc4ccnc(N5CCNC6(CC6)C5)c4)nc32)cc1. The Morgan fingerprint density at radius 1 is 1.09 bits per heavy atom. The molecule has 2 N–H and O–H groups in total. The number of fused-ring (bicyclic) bond motifs is 1. The molecule has 0 radical (unpaired) electrons. The zero-order valence-corrected chi connectivity index (χ0v) is 19.6. The first-order valence-corrected chi connectivity index (χ1v) is 13.2. The molecule has 2 fully saturated rings. The number of piperazine rings is 1. The molecule has 1 spiro atoms. The van der Waals surface area contributed by atoms with E-state index in [0.717, 1.165) is 47.9 Å². The smallest absolute Gasteiger partial charge is 0.229 e. The van der Waals surface area contributed by atoms with Crippen LogP contribution < -0.4 is 15.5 Å². The quantitative estimate of drug-likeness (QED) is 0.454. The monoisotopic (exact) mass is 475 g/mol. The Labute approximate surface area is 197 Å². The van der Waals surface area contributed by atoms with Crippen LogP contribution in [0.4, 0.5) is 17.5 Å². The average molecular weight is 476 g/mol. The van der Waals surface area contributed by atoms with E-state index in [1.807, 2.05) is 35.2 Å². The fourth-order valence-electron chi connectivity index (χ4n) is 4.48. The molecule has 1 saturated heterocycles. The van der Waals surface area contributed by atoms with Crippen LogP contribution in [0.15, 0.2) is 66.0 Å². The van der Waals surface area contributed by atoms with Crippen LogP contribution in [0.5, 0.6) is 0 Å². The van der Waals surface area contributed by atoms with Crippen LogP contribution in [0.2, 0.25) is 0 Å². The molecule has 1 aromatic carbocycles. The van der Waals surface area contributed by atoms with Crippen molar-refractivity contribution in [3.63, 3.8) is 0 Å². The summed E-state index contributed by atoms with van der Waals surface area (Å²) < 4.78 is 25.5. The number of rotatable bonds is 5. The van der Waals surface area contributed by atoms with Crippen LogP contribution in [-0.2, 0) is 9.84 Å². The second-order valence-electron chi connectivity index (χ2n) is 9.08. The molecule has 0 amide bonds. The number of hydrogen-bond donors (Lipinski definition) is 2. The molecule has 6 rings (SSSR count). The van der Waals surface area contributed by atoms with Gasteiger partial charge in [0.15, 0.2) is 9.84 Å². The lowest BCUT2D eigenvalue weighted by molar-refractivity contribution is 0.440. The van der Waals surface area contributed by atoms with Crippen molar-refractivity contribution in [2.75, 3.05) is 36.1 Å². The summed E-state index contributed by atoms with van der Waals surface area (Å²) >= 11 is 0. The van der Waals surface area contributed by atoms with E-state index in [1.54, 1.807) is 30.5 Å². The molecule has 9 nitrogen and oxygen atoms in total. The maximum absolute atomic E-state index is 11.8.